The highest BCUT2D eigenvalue weighted by Gasteiger charge is 2.09. The van der Waals surface area contributed by atoms with Crippen molar-refractivity contribution < 1.29 is 4.79 Å². The molecule has 0 bridgehead atoms. The summed E-state index contributed by atoms with van der Waals surface area (Å²) in [5.41, 5.74) is 0. The van der Waals surface area contributed by atoms with Crippen LogP contribution in [0.3, 0.4) is 0 Å². The molecule has 2 nitrogen and oxygen atoms in total. The van der Waals surface area contributed by atoms with Gasteiger partial charge in [-0.25, -0.2) is 0 Å². The van der Waals surface area contributed by atoms with Crippen molar-refractivity contribution >= 4 is 25.1 Å². The Labute approximate surface area is 77.6 Å². The molecule has 1 amide bonds. The van der Waals surface area contributed by atoms with Gasteiger partial charge >= 0.3 is 0 Å². The monoisotopic (exact) mass is 181 g/mol. The summed E-state index contributed by atoms with van der Waals surface area (Å²) in [4.78, 5) is 15.1. The quantitative estimate of drug-likeness (QED) is 0.611. The average molecular weight is 181 g/mol. The van der Waals surface area contributed by atoms with Crippen LogP contribution in [0.1, 0.15) is 14.5 Å². The minimum atomic E-state index is 0.0969. The van der Waals surface area contributed by atoms with Crippen molar-refractivity contribution in [2.24, 2.45) is 0 Å². The van der Waals surface area contributed by atoms with Crippen LogP contribution in [0.15, 0.2) is 12.1 Å². The molecule has 0 unspecified atom stereocenters. The maximum absolute atomic E-state index is 11.4. The van der Waals surface area contributed by atoms with Crippen LogP contribution in [0, 0.1) is 0 Å². The van der Waals surface area contributed by atoms with E-state index in [9.17, 15) is 4.79 Å². The number of hydrogen-bond acceptors (Lipinski definition) is 2. The van der Waals surface area contributed by atoms with Gasteiger partial charge < -0.3 is 4.90 Å². The second-order valence-corrected chi connectivity index (χ2v) is 3.99. The molecule has 0 N–H and O–H groups in total. The van der Waals surface area contributed by atoms with Crippen LogP contribution in [-0.2, 0) is 6.32 Å². The van der Waals surface area contributed by atoms with Crippen molar-refractivity contribution in [3.63, 3.8) is 0 Å². The second kappa shape index (κ2) is 3.76. The fraction of sp³-hybridized carbons (Fsp3) is 0.375. The molecule has 4 heteroatoms. The summed E-state index contributed by atoms with van der Waals surface area (Å²) < 4.78 is 0. The molecular formula is C8H12BNOS. The highest BCUT2D eigenvalue weighted by atomic mass is 32.1. The fourth-order valence-corrected chi connectivity index (χ4v) is 1.87. The number of amides is 1. The topological polar surface area (TPSA) is 20.3 Å². The summed E-state index contributed by atoms with van der Waals surface area (Å²) in [5, 5.41) is 0. The standard InChI is InChI=1S/C8H12BNOS/c1-10(2)8(11)7-4-3-6(5-9)12-7/h3-4H,5,9H2,1-2H3. The Morgan fingerprint density at radius 1 is 1.58 bits per heavy atom. The lowest BCUT2D eigenvalue weighted by Gasteiger charge is -2.06. The van der Waals surface area contributed by atoms with Gasteiger partial charge in [0.05, 0.1) is 4.88 Å². The van der Waals surface area contributed by atoms with Crippen LogP contribution in [0.5, 0.6) is 0 Å². The van der Waals surface area contributed by atoms with E-state index in [0.717, 1.165) is 11.2 Å². The molecule has 0 aromatic carbocycles. The predicted octanol–water partition coefficient (Wildman–Crippen LogP) is 0.583. The number of nitrogens with zero attached hydrogens (tertiary/aromatic N) is 1. The number of carbonyl (C=O) groups is 1. The zero-order valence-electron chi connectivity index (χ0n) is 7.63. The lowest BCUT2D eigenvalue weighted by molar-refractivity contribution is 0.0832. The Morgan fingerprint density at radius 3 is 2.67 bits per heavy atom. The van der Waals surface area contributed by atoms with Crippen LogP contribution in [0.4, 0.5) is 0 Å². The SMILES string of the molecule is BCc1ccc(C(=O)N(C)C)s1. The molecule has 1 heterocycles. The van der Waals surface area contributed by atoms with Crippen LogP contribution >= 0.6 is 11.3 Å². The van der Waals surface area contributed by atoms with Crippen molar-refractivity contribution in [3.05, 3.63) is 21.9 Å². The second-order valence-electron chi connectivity index (χ2n) is 2.82. The zero-order chi connectivity index (χ0) is 9.14. The number of rotatable bonds is 2. The van der Waals surface area contributed by atoms with E-state index in [4.69, 9.17) is 0 Å². The van der Waals surface area contributed by atoms with E-state index in [0.29, 0.717) is 0 Å². The van der Waals surface area contributed by atoms with Gasteiger partial charge in [0.15, 0.2) is 0 Å². The minimum Gasteiger partial charge on any atom is -0.344 e. The largest absolute Gasteiger partial charge is 0.344 e. The Bertz CT molecular complexity index is 282. The van der Waals surface area contributed by atoms with Crippen molar-refractivity contribution in [3.8, 4) is 0 Å². The summed E-state index contributed by atoms with van der Waals surface area (Å²) in [5.74, 6) is 0.0969. The highest BCUT2D eigenvalue weighted by molar-refractivity contribution is 7.14. The molecule has 0 atom stereocenters. The van der Waals surface area contributed by atoms with Gasteiger partial charge in [-0.2, -0.15) is 0 Å². The summed E-state index contributed by atoms with van der Waals surface area (Å²) in [6.45, 7) is 0. The summed E-state index contributed by atoms with van der Waals surface area (Å²) in [7, 11) is 5.64. The normalized spacial score (nSPS) is 9.83. The van der Waals surface area contributed by atoms with Crippen molar-refractivity contribution in [1.82, 2.24) is 4.90 Å². The zero-order valence-corrected chi connectivity index (χ0v) is 8.44. The Kier molecular flexibility index (Phi) is 2.92. The molecule has 0 saturated heterocycles. The molecule has 0 saturated carbocycles. The van der Waals surface area contributed by atoms with Gasteiger partial charge in [0.2, 0.25) is 0 Å². The first-order chi connectivity index (χ1) is 5.65. The Balaban J connectivity index is 2.82. The van der Waals surface area contributed by atoms with E-state index in [1.54, 1.807) is 30.3 Å². The fourth-order valence-electron chi connectivity index (χ4n) is 0.903. The maximum Gasteiger partial charge on any atom is 0.263 e. The molecule has 0 aliphatic heterocycles. The van der Waals surface area contributed by atoms with Crippen LogP contribution in [0.25, 0.3) is 0 Å². The lowest BCUT2D eigenvalue weighted by Crippen LogP contribution is -2.20. The van der Waals surface area contributed by atoms with E-state index in [1.807, 2.05) is 12.1 Å². The molecule has 64 valence electrons. The summed E-state index contributed by atoms with van der Waals surface area (Å²) >= 11 is 1.58. The third kappa shape index (κ3) is 1.88. The third-order valence-electron chi connectivity index (χ3n) is 1.63. The van der Waals surface area contributed by atoms with Gasteiger partial charge in [-0.05, 0) is 23.3 Å². The Hall–Kier alpha value is -0.765. The minimum absolute atomic E-state index is 0.0969. The smallest absolute Gasteiger partial charge is 0.263 e. The maximum atomic E-state index is 11.4. The van der Waals surface area contributed by atoms with E-state index in [2.05, 4.69) is 7.85 Å². The molecule has 1 aromatic rings. The van der Waals surface area contributed by atoms with Gasteiger partial charge in [0.25, 0.3) is 5.91 Å². The molecule has 0 fully saturated rings. The molecule has 1 aromatic heterocycles. The first kappa shape index (κ1) is 9.32. The van der Waals surface area contributed by atoms with Gasteiger partial charge in [0.1, 0.15) is 7.85 Å². The predicted molar refractivity (Wildman–Crippen MR) is 54.6 cm³/mol. The average Bonchev–Trinajstić information content (AvgIpc) is 2.50. The van der Waals surface area contributed by atoms with Crippen molar-refractivity contribution in [2.45, 2.75) is 6.32 Å². The van der Waals surface area contributed by atoms with Gasteiger partial charge in [-0.15, -0.1) is 11.3 Å². The molecule has 0 spiro atoms. The highest BCUT2D eigenvalue weighted by Crippen LogP contribution is 2.17. The first-order valence-corrected chi connectivity index (χ1v) is 4.77. The molecule has 12 heavy (non-hydrogen) atoms. The van der Waals surface area contributed by atoms with E-state index in [1.165, 1.54) is 4.88 Å². The molecule has 0 aliphatic rings. The van der Waals surface area contributed by atoms with Crippen molar-refractivity contribution in [1.29, 1.82) is 0 Å². The third-order valence-corrected chi connectivity index (χ3v) is 2.84. The molecule has 0 aliphatic carbocycles. The van der Waals surface area contributed by atoms with Crippen molar-refractivity contribution in [2.75, 3.05) is 14.1 Å². The number of hydrogen-bond donors (Lipinski definition) is 0. The Morgan fingerprint density at radius 2 is 2.25 bits per heavy atom. The lowest BCUT2D eigenvalue weighted by atomic mass is 10.0. The van der Waals surface area contributed by atoms with Gasteiger partial charge in [0, 0.05) is 14.1 Å². The van der Waals surface area contributed by atoms with Gasteiger partial charge in [-0.3, -0.25) is 4.79 Å². The van der Waals surface area contributed by atoms with Crippen LogP contribution in [-0.4, -0.2) is 32.7 Å². The number of carbonyl (C=O) groups excluding carboxylic acids is 1. The molecule has 1 rings (SSSR count). The number of thiophene rings is 1. The summed E-state index contributed by atoms with van der Waals surface area (Å²) in [6.07, 6.45) is 1.01. The van der Waals surface area contributed by atoms with Crippen LogP contribution < -0.4 is 0 Å². The van der Waals surface area contributed by atoms with E-state index in [-0.39, 0.29) is 5.91 Å². The summed E-state index contributed by atoms with van der Waals surface area (Å²) in [6, 6.07) is 3.91. The van der Waals surface area contributed by atoms with E-state index < -0.39 is 0 Å². The van der Waals surface area contributed by atoms with Gasteiger partial charge in [-0.1, -0.05) is 0 Å². The molecular weight excluding hydrogens is 169 g/mol. The first-order valence-electron chi connectivity index (χ1n) is 3.95. The van der Waals surface area contributed by atoms with E-state index >= 15 is 0 Å². The molecule has 0 radical (unpaired) electrons. The van der Waals surface area contributed by atoms with Crippen LogP contribution in [0.2, 0.25) is 0 Å².